The number of rotatable bonds is 6. The van der Waals surface area contributed by atoms with Gasteiger partial charge in [-0.3, -0.25) is 0 Å². The summed E-state index contributed by atoms with van der Waals surface area (Å²) >= 11 is 0. The summed E-state index contributed by atoms with van der Waals surface area (Å²) < 4.78 is 0. The number of hydrogen-bond donors (Lipinski definition) is 1. The fraction of sp³-hybridized carbons (Fsp3) is 1.00. The lowest BCUT2D eigenvalue weighted by Gasteiger charge is -2.38. The van der Waals surface area contributed by atoms with Crippen LogP contribution in [0.4, 0.5) is 0 Å². The van der Waals surface area contributed by atoms with Gasteiger partial charge in [-0.2, -0.15) is 0 Å². The molecule has 2 rings (SSSR count). The summed E-state index contributed by atoms with van der Waals surface area (Å²) in [5, 5.41) is 3.82. The molecule has 1 heteroatoms. The summed E-state index contributed by atoms with van der Waals surface area (Å²) in [5.74, 6) is 3.93. The highest BCUT2D eigenvalue weighted by Gasteiger charge is 2.37. The molecule has 0 bridgehead atoms. The molecule has 4 atom stereocenters. The first kappa shape index (κ1) is 13.4. The highest BCUT2D eigenvalue weighted by atomic mass is 14.9. The molecule has 4 unspecified atom stereocenters. The standard InChI is InChI=1S/C16H31N/c1-4-13-7-6-8-15(11-13)16(17-5-2)12(3)14-9-10-14/h12-17H,4-11H2,1-3H3. The average Bonchev–Trinajstić information content (AvgIpc) is 3.19. The maximum atomic E-state index is 3.82. The summed E-state index contributed by atoms with van der Waals surface area (Å²) in [5.41, 5.74) is 0. The molecule has 0 amide bonds. The summed E-state index contributed by atoms with van der Waals surface area (Å²) in [6, 6.07) is 0.807. The van der Waals surface area contributed by atoms with Crippen molar-refractivity contribution in [2.75, 3.05) is 6.54 Å². The van der Waals surface area contributed by atoms with Crippen LogP contribution < -0.4 is 5.32 Å². The van der Waals surface area contributed by atoms with Crippen molar-refractivity contribution in [1.29, 1.82) is 0 Å². The van der Waals surface area contributed by atoms with Crippen LogP contribution in [0.15, 0.2) is 0 Å². The van der Waals surface area contributed by atoms with Gasteiger partial charge in [-0.1, -0.05) is 40.0 Å². The number of hydrogen-bond acceptors (Lipinski definition) is 1. The van der Waals surface area contributed by atoms with Gasteiger partial charge < -0.3 is 5.32 Å². The Balaban J connectivity index is 1.93. The molecule has 100 valence electrons. The Morgan fingerprint density at radius 2 is 1.82 bits per heavy atom. The molecule has 0 aliphatic heterocycles. The van der Waals surface area contributed by atoms with E-state index in [9.17, 15) is 0 Å². The predicted molar refractivity (Wildman–Crippen MR) is 75.1 cm³/mol. The van der Waals surface area contributed by atoms with Crippen LogP contribution in [0.5, 0.6) is 0 Å². The van der Waals surface area contributed by atoms with Crippen molar-refractivity contribution in [1.82, 2.24) is 5.32 Å². The summed E-state index contributed by atoms with van der Waals surface area (Å²) in [6.45, 7) is 8.29. The molecule has 0 saturated heterocycles. The third-order valence-corrected chi connectivity index (χ3v) is 5.28. The maximum absolute atomic E-state index is 3.82. The zero-order valence-corrected chi connectivity index (χ0v) is 12.0. The van der Waals surface area contributed by atoms with Crippen LogP contribution in [0.3, 0.4) is 0 Å². The van der Waals surface area contributed by atoms with Gasteiger partial charge in [0, 0.05) is 6.04 Å². The van der Waals surface area contributed by atoms with Gasteiger partial charge in [0.05, 0.1) is 0 Å². The lowest BCUT2D eigenvalue weighted by molar-refractivity contribution is 0.165. The van der Waals surface area contributed by atoms with Crippen LogP contribution in [-0.4, -0.2) is 12.6 Å². The lowest BCUT2D eigenvalue weighted by atomic mass is 9.73. The van der Waals surface area contributed by atoms with Crippen molar-refractivity contribution in [2.24, 2.45) is 23.7 Å². The molecule has 0 aromatic heterocycles. The topological polar surface area (TPSA) is 12.0 Å². The van der Waals surface area contributed by atoms with E-state index in [1.165, 1.54) is 44.9 Å². The van der Waals surface area contributed by atoms with Gasteiger partial charge in [-0.15, -0.1) is 0 Å². The molecule has 17 heavy (non-hydrogen) atoms. The molecule has 0 radical (unpaired) electrons. The molecule has 0 aromatic rings. The van der Waals surface area contributed by atoms with Crippen molar-refractivity contribution >= 4 is 0 Å². The van der Waals surface area contributed by atoms with Crippen molar-refractivity contribution in [3.05, 3.63) is 0 Å². The third-order valence-electron chi connectivity index (χ3n) is 5.28. The van der Waals surface area contributed by atoms with Crippen LogP contribution in [-0.2, 0) is 0 Å². The first-order chi connectivity index (χ1) is 8.26. The van der Waals surface area contributed by atoms with Crippen LogP contribution in [0.1, 0.15) is 65.7 Å². The SMILES string of the molecule is CCNC(C1CCCC(CC)C1)C(C)C1CC1. The van der Waals surface area contributed by atoms with E-state index >= 15 is 0 Å². The molecule has 2 saturated carbocycles. The molecule has 2 aliphatic rings. The van der Waals surface area contributed by atoms with Gasteiger partial charge in [0.1, 0.15) is 0 Å². The first-order valence-corrected chi connectivity index (χ1v) is 7.99. The van der Waals surface area contributed by atoms with Gasteiger partial charge in [-0.25, -0.2) is 0 Å². The molecule has 2 aliphatic carbocycles. The molecule has 1 nitrogen and oxygen atoms in total. The summed E-state index contributed by atoms with van der Waals surface area (Å²) in [7, 11) is 0. The molecule has 0 aromatic carbocycles. The second-order valence-corrected chi connectivity index (χ2v) is 6.48. The van der Waals surface area contributed by atoms with Crippen LogP contribution in [0.2, 0.25) is 0 Å². The molecule has 2 fully saturated rings. The normalized spacial score (nSPS) is 33.4. The van der Waals surface area contributed by atoms with Crippen molar-refractivity contribution < 1.29 is 0 Å². The van der Waals surface area contributed by atoms with Gasteiger partial charge in [0.15, 0.2) is 0 Å². The maximum Gasteiger partial charge on any atom is 0.0124 e. The molecule has 0 spiro atoms. The van der Waals surface area contributed by atoms with E-state index in [0.717, 1.165) is 36.3 Å². The minimum Gasteiger partial charge on any atom is -0.314 e. The van der Waals surface area contributed by atoms with Gasteiger partial charge in [-0.05, 0) is 55.9 Å². The van der Waals surface area contributed by atoms with E-state index in [2.05, 4.69) is 26.1 Å². The summed E-state index contributed by atoms with van der Waals surface area (Å²) in [6.07, 6.45) is 10.3. The van der Waals surface area contributed by atoms with Crippen molar-refractivity contribution in [3.8, 4) is 0 Å². The fourth-order valence-corrected chi connectivity index (χ4v) is 3.96. The monoisotopic (exact) mass is 237 g/mol. The molecule has 0 heterocycles. The molecular weight excluding hydrogens is 206 g/mol. The van der Waals surface area contributed by atoms with Gasteiger partial charge in [0.25, 0.3) is 0 Å². The Labute approximate surface area is 108 Å². The van der Waals surface area contributed by atoms with E-state index in [-0.39, 0.29) is 0 Å². The average molecular weight is 237 g/mol. The van der Waals surface area contributed by atoms with Crippen molar-refractivity contribution in [3.63, 3.8) is 0 Å². The largest absolute Gasteiger partial charge is 0.314 e. The van der Waals surface area contributed by atoms with E-state index in [1.54, 1.807) is 0 Å². The van der Waals surface area contributed by atoms with E-state index in [0.29, 0.717) is 0 Å². The second kappa shape index (κ2) is 6.22. The zero-order valence-electron chi connectivity index (χ0n) is 12.0. The second-order valence-electron chi connectivity index (χ2n) is 6.48. The van der Waals surface area contributed by atoms with E-state index < -0.39 is 0 Å². The van der Waals surface area contributed by atoms with Gasteiger partial charge >= 0.3 is 0 Å². The fourth-order valence-electron chi connectivity index (χ4n) is 3.96. The Morgan fingerprint density at radius 1 is 1.06 bits per heavy atom. The molecular formula is C16H31N. The first-order valence-electron chi connectivity index (χ1n) is 7.99. The van der Waals surface area contributed by atoms with E-state index in [4.69, 9.17) is 0 Å². The van der Waals surface area contributed by atoms with Crippen molar-refractivity contribution in [2.45, 2.75) is 71.8 Å². The lowest BCUT2D eigenvalue weighted by Crippen LogP contribution is -2.43. The Kier molecular flexibility index (Phi) is 4.90. The summed E-state index contributed by atoms with van der Waals surface area (Å²) in [4.78, 5) is 0. The van der Waals surface area contributed by atoms with Crippen LogP contribution >= 0.6 is 0 Å². The van der Waals surface area contributed by atoms with Gasteiger partial charge in [0.2, 0.25) is 0 Å². The number of nitrogens with one attached hydrogen (secondary N) is 1. The van der Waals surface area contributed by atoms with E-state index in [1.807, 2.05) is 0 Å². The highest BCUT2D eigenvalue weighted by molar-refractivity contribution is 4.91. The van der Waals surface area contributed by atoms with Crippen LogP contribution in [0.25, 0.3) is 0 Å². The Hall–Kier alpha value is -0.0400. The third kappa shape index (κ3) is 3.47. The Morgan fingerprint density at radius 3 is 2.41 bits per heavy atom. The predicted octanol–water partition coefficient (Wildman–Crippen LogP) is 4.23. The highest BCUT2D eigenvalue weighted by Crippen LogP contribution is 2.43. The zero-order chi connectivity index (χ0) is 12.3. The quantitative estimate of drug-likeness (QED) is 0.729. The molecule has 1 N–H and O–H groups in total. The van der Waals surface area contributed by atoms with Crippen LogP contribution in [0, 0.1) is 23.7 Å². The Bertz CT molecular complexity index is 222. The minimum absolute atomic E-state index is 0.807. The smallest absolute Gasteiger partial charge is 0.0124 e. The minimum atomic E-state index is 0.807.